The minimum Gasteiger partial charge on any atom is -0.494 e. The molecule has 514 valence electrons. The molecule has 33 heteroatoms. The molecule has 2 aromatic carbocycles. The monoisotopic (exact) mass is 1330 g/mol. The Morgan fingerprint density at radius 2 is 1.20 bits per heavy atom. The molecule has 5 rings (SSSR count). The molecule has 3 heterocycles. The fourth-order valence-corrected chi connectivity index (χ4v) is 11.7. The number of aryl methyl sites for hydroxylation is 3. The number of hydrogen-bond donors (Lipinski definition) is 11. The van der Waals surface area contributed by atoms with Gasteiger partial charge in [0.15, 0.2) is 5.95 Å². The third-order valence-corrected chi connectivity index (χ3v) is 16.5. The van der Waals surface area contributed by atoms with E-state index in [0.717, 1.165) is 5.56 Å². The van der Waals surface area contributed by atoms with E-state index in [9.17, 15) is 72.0 Å². The highest BCUT2D eigenvalue weighted by Gasteiger charge is 2.30. The molecule has 0 bridgehead atoms. The summed E-state index contributed by atoms with van der Waals surface area (Å²) < 4.78 is 53.6. The van der Waals surface area contributed by atoms with Crippen LogP contribution in [-0.2, 0) is 71.4 Å². The fourth-order valence-electron chi connectivity index (χ4n) is 10.0. The van der Waals surface area contributed by atoms with E-state index in [-0.39, 0.29) is 130 Å². The number of imidazole rings is 1. The summed E-state index contributed by atoms with van der Waals surface area (Å²) in [5.41, 5.74) is 1.06. The predicted octanol–water partition coefficient (Wildman–Crippen LogP) is -0.756. The molecule has 0 saturated carbocycles. The average Bonchev–Trinajstić information content (AvgIpc) is 1.93. The van der Waals surface area contributed by atoms with Gasteiger partial charge in [-0.05, 0) is 80.5 Å². The number of pyridine rings is 1. The lowest BCUT2D eigenvalue weighted by molar-refractivity contribution is -0.140. The number of carbonyl (C=O) groups excluding carboxylic acids is 4. The molecular weight excluding hydrogens is 1240 g/mol. The summed E-state index contributed by atoms with van der Waals surface area (Å²) in [6.45, 7) is 8.36. The molecular formula is C60H89N13O19S. The second-order valence-corrected chi connectivity index (χ2v) is 23.8. The number of amides is 4. The molecule has 4 aromatic rings. The normalized spacial score (nSPS) is 14.7. The van der Waals surface area contributed by atoms with E-state index in [1.165, 1.54) is 32.2 Å². The zero-order valence-corrected chi connectivity index (χ0v) is 53.9. The third-order valence-electron chi connectivity index (χ3n) is 14.8. The minimum atomic E-state index is -4.47. The van der Waals surface area contributed by atoms with Crippen LogP contribution in [0.1, 0.15) is 66.1 Å². The molecule has 0 aliphatic carbocycles. The van der Waals surface area contributed by atoms with E-state index in [1.54, 1.807) is 68.7 Å². The Morgan fingerprint density at radius 3 is 1.72 bits per heavy atom. The van der Waals surface area contributed by atoms with Crippen LogP contribution in [0.5, 0.6) is 5.75 Å². The summed E-state index contributed by atoms with van der Waals surface area (Å²) in [5, 5.41) is 52.5. The Labute approximate surface area is 539 Å². The Morgan fingerprint density at radius 1 is 0.667 bits per heavy atom. The number of ether oxygens (including phenoxy) is 4. The van der Waals surface area contributed by atoms with Gasteiger partial charge in [-0.3, -0.25) is 62.8 Å². The van der Waals surface area contributed by atoms with Crippen molar-refractivity contribution in [3.63, 3.8) is 0 Å². The number of nitrogens with one attached hydrogen (secondary N) is 7. The van der Waals surface area contributed by atoms with E-state index in [2.05, 4.69) is 41.3 Å². The zero-order chi connectivity index (χ0) is 67.9. The molecule has 2 aromatic heterocycles. The minimum absolute atomic E-state index is 0.126. The molecule has 0 spiro atoms. The third kappa shape index (κ3) is 27.1. The summed E-state index contributed by atoms with van der Waals surface area (Å²) in [5.74, 6) is -5.71. The molecule has 32 nitrogen and oxygen atoms in total. The van der Waals surface area contributed by atoms with Crippen molar-refractivity contribution in [2.24, 2.45) is 7.05 Å². The molecule has 11 N–H and O–H groups in total. The second kappa shape index (κ2) is 39.4. The summed E-state index contributed by atoms with van der Waals surface area (Å²) in [4.78, 5) is 126. The van der Waals surface area contributed by atoms with Crippen LogP contribution in [-0.4, -0.2) is 267 Å². The number of nitrogens with zero attached hydrogens (tertiary/aromatic N) is 6. The summed E-state index contributed by atoms with van der Waals surface area (Å²) >= 11 is 0. The highest BCUT2D eigenvalue weighted by atomic mass is 32.2. The van der Waals surface area contributed by atoms with Crippen molar-refractivity contribution in [2.75, 3.05) is 150 Å². The maximum atomic E-state index is 13.6. The standard InChI is InChI=1S/C60H89N13O19S/c1-5-47(67-51(75)37-70-16-18-71(38-52(76)77)20-22-73(40-54(80)81)23-21-72(19-17-70)39-53(78)79)58(84)62-13-8-25-90-28-30-91-29-27-89-24-7-12-61-50(74)9-6-26-92-44-31-41(2)56(42(3)32-44)93(87,88)68-48(59(85)86)35-65-57(83)46-36-69(4)49-33-43(10-11-45(49)55(46)82)34-66-60-63-14-15-64-60/h10-11,14-15,31-33,36,47-48,68H,5-9,12-13,16-30,34-35,37-40H2,1-4H3,(H,61,74)(H,62,84)(H,65,83)(H,67,75)(H,76,77)(H,78,79)(H,80,81)(H,85,86)(H2,63,64,66)/t47-,48+/m1/s1. The number of hydrogen-bond acceptors (Lipinski definition) is 21. The molecule has 93 heavy (non-hydrogen) atoms. The van der Waals surface area contributed by atoms with Crippen molar-refractivity contribution in [1.82, 2.24) is 60.1 Å². The average molecular weight is 1330 g/mol. The number of H-pyrrole nitrogens is 1. The first kappa shape index (κ1) is 75.6. The number of benzene rings is 2. The number of rotatable bonds is 40. The SMILES string of the molecule is CC[C@@H](NC(=O)CN1CCN(CC(=O)O)CCN(CC(=O)O)CCN(CC(=O)O)CC1)C(=O)NCCCOCCOCCOCCCNC(=O)CCCOc1cc(C)c(S(=O)(=O)N[C@@H](CNC(=O)c2cn(C)c3cc(CNc4ncc[nH]4)ccc3c2=O)C(=O)O)c(C)c1. The number of carbonyl (C=O) groups is 8. The number of aromatic amines is 1. The first-order chi connectivity index (χ1) is 44.4. The highest BCUT2D eigenvalue weighted by molar-refractivity contribution is 7.89. The van der Waals surface area contributed by atoms with Crippen LogP contribution in [0.25, 0.3) is 10.9 Å². The lowest BCUT2D eigenvalue weighted by Gasteiger charge is -2.33. The van der Waals surface area contributed by atoms with Crippen LogP contribution in [0.3, 0.4) is 0 Å². The van der Waals surface area contributed by atoms with Crippen LogP contribution >= 0.6 is 0 Å². The summed E-state index contributed by atoms with van der Waals surface area (Å²) in [6, 6.07) is 5.46. The second-order valence-electron chi connectivity index (χ2n) is 22.2. The molecule has 0 radical (unpaired) electrons. The van der Waals surface area contributed by atoms with E-state index in [4.69, 9.17) is 18.9 Å². The van der Waals surface area contributed by atoms with E-state index in [1.807, 2.05) is 0 Å². The Hall–Kier alpha value is -8.15. The summed E-state index contributed by atoms with van der Waals surface area (Å²) in [7, 11) is -2.81. The topological polar surface area (TPSA) is 424 Å². The number of sulfonamides is 1. The van der Waals surface area contributed by atoms with Crippen molar-refractivity contribution in [3.05, 3.63) is 81.4 Å². The van der Waals surface area contributed by atoms with Crippen LogP contribution in [0.15, 0.2) is 58.6 Å². The maximum absolute atomic E-state index is 13.6. The van der Waals surface area contributed by atoms with Gasteiger partial charge in [-0.15, -0.1) is 0 Å². The maximum Gasteiger partial charge on any atom is 0.323 e. The molecule has 2 atom stereocenters. The molecule has 1 aliphatic rings. The molecule has 1 saturated heterocycles. The van der Waals surface area contributed by atoms with Gasteiger partial charge in [0.2, 0.25) is 33.2 Å². The van der Waals surface area contributed by atoms with E-state index >= 15 is 0 Å². The van der Waals surface area contributed by atoms with E-state index < -0.39 is 69.8 Å². The van der Waals surface area contributed by atoms with Gasteiger partial charge in [-0.25, -0.2) is 13.4 Å². The Bertz CT molecular complexity index is 3240. The zero-order valence-electron chi connectivity index (χ0n) is 53.1. The molecule has 0 unspecified atom stereocenters. The smallest absolute Gasteiger partial charge is 0.323 e. The van der Waals surface area contributed by atoms with Crippen molar-refractivity contribution in [3.8, 4) is 5.75 Å². The largest absolute Gasteiger partial charge is 0.494 e. The van der Waals surface area contributed by atoms with Crippen LogP contribution in [0.2, 0.25) is 0 Å². The first-order valence-corrected chi connectivity index (χ1v) is 32.2. The number of fused-ring (bicyclic) bond motifs is 1. The number of carboxylic acids is 4. The van der Waals surface area contributed by atoms with Gasteiger partial charge in [-0.1, -0.05) is 13.0 Å². The van der Waals surface area contributed by atoms with Gasteiger partial charge >= 0.3 is 23.9 Å². The molecule has 1 aliphatic heterocycles. The van der Waals surface area contributed by atoms with Gasteiger partial charge in [0.25, 0.3) is 5.91 Å². The predicted molar refractivity (Wildman–Crippen MR) is 338 cm³/mol. The fraction of sp³-hybridized carbons (Fsp3) is 0.567. The van der Waals surface area contributed by atoms with Gasteiger partial charge in [0.05, 0.1) is 69.6 Å². The van der Waals surface area contributed by atoms with Crippen LogP contribution in [0, 0.1) is 13.8 Å². The van der Waals surface area contributed by atoms with Gasteiger partial charge in [0.1, 0.15) is 23.4 Å². The summed E-state index contributed by atoms with van der Waals surface area (Å²) in [6.07, 6.45) is 6.50. The lowest BCUT2D eigenvalue weighted by Crippen LogP contribution is -2.52. The van der Waals surface area contributed by atoms with Crippen LogP contribution < -0.4 is 41.5 Å². The first-order valence-electron chi connectivity index (χ1n) is 30.7. The van der Waals surface area contributed by atoms with Gasteiger partial charge in [0, 0.05) is 129 Å². The van der Waals surface area contributed by atoms with Crippen LogP contribution in [0.4, 0.5) is 5.95 Å². The van der Waals surface area contributed by atoms with Crippen molar-refractivity contribution in [1.29, 1.82) is 0 Å². The van der Waals surface area contributed by atoms with Crippen molar-refractivity contribution < 1.29 is 86.1 Å². The Kier molecular flexibility index (Phi) is 32.0. The number of aliphatic carboxylic acids is 4. The van der Waals surface area contributed by atoms with Crippen molar-refractivity contribution in [2.45, 2.75) is 76.4 Å². The van der Waals surface area contributed by atoms with Crippen molar-refractivity contribution >= 4 is 74.4 Å². The lowest BCUT2D eigenvalue weighted by atomic mass is 10.1. The Balaban J connectivity index is 0.892. The molecule has 4 amide bonds. The quantitative estimate of drug-likeness (QED) is 0.0244. The number of anilines is 1. The van der Waals surface area contributed by atoms with E-state index in [0.29, 0.717) is 102 Å². The highest BCUT2D eigenvalue weighted by Crippen LogP contribution is 2.26. The molecule has 1 fully saturated rings. The van der Waals surface area contributed by atoms with Gasteiger partial charge < -0.3 is 75.5 Å². The number of carboxylic acid groups (broad SMARTS) is 4. The van der Waals surface area contributed by atoms with Gasteiger partial charge in [-0.2, -0.15) is 4.72 Å². The number of aromatic nitrogens is 3.